The van der Waals surface area contributed by atoms with Crippen molar-refractivity contribution in [3.63, 3.8) is 0 Å². The number of aliphatic hydroxyl groups excluding tert-OH is 7. The number of hydrogen-bond acceptors (Lipinski definition) is 15. The smallest absolute Gasteiger partial charge is 0.306 e. The third-order valence-electron chi connectivity index (χ3n) is 11.2. The quantitative estimate of drug-likeness (QED) is 0.0252. The minimum absolute atomic E-state index is 0.168. The fraction of sp³-hybridized carbons (Fsp3) is 0.911. The number of ether oxygens (including phenoxy) is 6. The molecule has 15 heteroatoms. The molecule has 11 atom stereocenters. The minimum Gasteiger partial charge on any atom is -0.462 e. The van der Waals surface area contributed by atoms with E-state index in [1.807, 2.05) is 0 Å². The maximum absolute atomic E-state index is 12.9. The summed E-state index contributed by atoms with van der Waals surface area (Å²) in [6.07, 6.45) is 12.6. The van der Waals surface area contributed by atoms with Crippen molar-refractivity contribution in [3.05, 3.63) is 12.2 Å². The van der Waals surface area contributed by atoms with Crippen LogP contribution in [0.4, 0.5) is 0 Å². The predicted octanol–water partition coefficient (Wildman–Crippen LogP) is 5.04. The van der Waals surface area contributed by atoms with Gasteiger partial charge in [-0.2, -0.15) is 0 Å². The Kier molecular flexibility index (Phi) is 30.6. The number of allylic oxidation sites excluding steroid dienone is 2. The highest BCUT2D eigenvalue weighted by Crippen LogP contribution is 2.26. The summed E-state index contributed by atoms with van der Waals surface area (Å²) in [5.74, 6) is -0.932. The van der Waals surface area contributed by atoms with Gasteiger partial charge in [0, 0.05) is 12.8 Å². The van der Waals surface area contributed by atoms with Gasteiger partial charge in [-0.1, -0.05) is 129 Å². The van der Waals surface area contributed by atoms with Gasteiger partial charge < -0.3 is 64.2 Å². The number of rotatable bonds is 35. The van der Waals surface area contributed by atoms with Gasteiger partial charge in [-0.3, -0.25) is 9.59 Å². The van der Waals surface area contributed by atoms with Crippen molar-refractivity contribution in [1.82, 2.24) is 0 Å². The van der Waals surface area contributed by atoms with Gasteiger partial charge in [-0.05, 0) is 38.5 Å². The second-order valence-corrected chi connectivity index (χ2v) is 16.6. The molecule has 60 heavy (non-hydrogen) atoms. The number of carbonyl (C=O) groups excluding carboxylic acids is 2. The van der Waals surface area contributed by atoms with Gasteiger partial charge in [0.25, 0.3) is 0 Å². The SMILES string of the molecule is CCCCCC/C=C/CCCCCCCC(=O)OC[C@H](CO[C@@H]1O[C@H](CO[C@H]2O[C@H](CO)[C@H](O)[C@H](O)[C@H]2O)[C@H](O)[C@H](O)[C@H]1O)OC(=O)CCCCCCCCCCCCC. The first-order valence-corrected chi connectivity index (χ1v) is 23.3. The largest absolute Gasteiger partial charge is 0.462 e. The zero-order chi connectivity index (χ0) is 44.0. The summed E-state index contributed by atoms with van der Waals surface area (Å²) < 4.78 is 33.4. The van der Waals surface area contributed by atoms with E-state index in [0.717, 1.165) is 57.8 Å². The summed E-state index contributed by atoms with van der Waals surface area (Å²) in [5.41, 5.74) is 0. The molecule has 15 nitrogen and oxygen atoms in total. The van der Waals surface area contributed by atoms with Gasteiger partial charge >= 0.3 is 11.9 Å². The molecular formula is C45H82O15. The van der Waals surface area contributed by atoms with Crippen molar-refractivity contribution in [2.45, 2.75) is 235 Å². The molecule has 2 aliphatic rings. The van der Waals surface area contributed by atoms with Crippen molar-refractivity contribution in [2.75, 3.05) is 26.4 Å². The zero-order valence-electron chi connectivity index (χ0n) is 36.7. The number of hydrogen-bond donors (Lipinski definition) is 7. The molecule has 7 N–H and O–H groups in total. The Hall–Kier alpha value is -1.76. The average molecular weight is 863 g/mol. The summed E-state index contributed by atoms with van der Waals surface area (Å²) in [6, 6.07) is 0. The number of esters is 2. The lowest BCUT2D eigenvalue weighted by Gasteiger charge is -2.42. The van der Waals surface area contributed by atoms with Crippen LogP contribution in [0.5, 0.6) is 0 Å². The van der Waals surface area contributed by atoms with Crippen LogP contribution < -0.4 is 0 Å². The Morgan fingerprint density at radius 2 is 0.950 bits per heavy atom. The molecule has 0 aromatic carbocycles. The van der Waals surface area contributed by atoms with E-state index in [2.05, 4.69) is 26.0 Å². The molecule has 0 bridgehead atoms. The molecular weight excluding hydrogens is 780 g/mol. The number of unbranched alkanes of at least 4 members (excludes halogenated alkanes) is 19. The van der Waals surface area contributed by atoms with Crippen LogP contribution in [-0.4, -0.2) is 142 Å². The van der Waals surface area contributed by atoms with Gasteiger partial charge in [0.1, 0.15) is 55.4 Å². The van der Waals surface area contributed by atoms with Crippen LogP contribution in [0.25, 0.3) is 0 Å². The number of aliphatic hydroxyl groups is 7. The molecule has 2 fully saturated rings. The Bertz CT molecular complexity index is 1110. The first kappa shape index (κ1) is 54.4. The fourth-order valence-electron chi connectivity index (χ4n) is 7.33. The van der Waals surface area contributed by atoms with Gasteiger partial charge in [0.05, 0.1) is 19.8 Å². The van der Waals surface area contributed by atoms with Crippen LogP contribution in [-0.2, 0) is 38.0 Å². The van der Waals surface area contributed by atoms with Crippen LogP contribution in [0, 0.1) is 0 Å². The van der Waals surface area contributed by atoms with E-state index < -0.39 is 92.7 Å². The molecule has 2 heterocycles. The van der Waals surface area contributed by atoms with Crippen LogP contribution in [0.15, 0.2) is 12.2 Å². The summed E-state index contributed by atoms with van der Waals surface area (Å²) in [7, 11) is 0. The molecule has 0 saturated carbocycles. The van der Waals surface area contributed by atoms with Gasteiger partial charge in [0.15, 0.2) is 18.7 Å². The average Bonchev–Trinajstić information content (AvgIpc) is 3.24. The lowest BCUT2D eigenvalue weighted by Crippen LogP contribution is -2.61. The number of carbonyl (C=O) groups is 2. The summed E-state index contributed by atoms with van der Waals surface area (Å²) in [4.78, 5) is 25.6. The van der Waals surface area contributed by atoms with Crippen molar-refractivity contribution < 1.29 is 73.8 Å². The minimum atomic E-state index is -1.76. The molecule has 2 rings (SSSR count). The molecule has 0 aromatic heterocycles. The maximum atomic E-state index is 12.9. The van der Waals surface area contributed by atoms with Crippen LogP contribution in [0.3, 0.4) is 0 Å². The second kappa shape index (κ2) is 33.8. The molecule has 0 aliphatic carbocycles. The van der Waals surface area contributed by atoms with E-state index in [1.54, 1.807) is 0 Å². The molecule has 2 aliphatic heterocycles. The van der Waals surface area contributed by atoms with Crippen molar-refractivity contribution >= 4 is 11.9 Å². The highest BCUT2D eigenvalue weighted by Gasteiger charge is 2.47. The first-order valence-electron chi connectivity index (χ1n) is 23.3. The van der Waals surface area contributed by atoms with Crippen LogP contribution in [0.1, 0.15) is 168 Å². The van der Waals surface area contributed by atoms with E-state index in [4.69, 9.17) is 28.4 Å². The highest BCUT2D eigenvalue weighted by molar-refractivity contribution is 5.70. The molecule has 352 valence electrons. The van der Waals surface area contributed by atoms with E-state index in [9.17, 15) is 45.3 Å². The predicted molar refractivity (Wildman–Crippen MR) is 224 cm³/mol. The molecule has 2 saturated heterocycles. The Balaban J connectivity index is 1.85. The Morgan fingerprint density at radius 3 is 1.48 bits per heavy atom. The van der Waals surface area contributed by atoms with Gasteiger partial charge in [-0.15, -0.1) is 0 Å². The summed E-state index contributed by atoms with van der Waals surface area (Å²) in [5, 5.41) is 71.8. The summed E-state index contributed by atoms with van der Waals surface area (Å²) in [6.45, 7) is 2.54. The lowest BCUT2D eigenvalue weighted by molar-refractivity contribution is -0.332. The second-order valence-electron chi connectivity index (χ2n) is 16.6. The highest BCUT2D eigenvalue weighted by atomic mass is 16.7. The first-order chi connectivity index (χ1) is 29.0. The fourth-order valence-corrected chi connectivity index (χ4v) is 7.33. The standard InChI is InChI=1S/C45H82O15/c1-3-5-7-9-11-13-15-16-18-19-21-23-25-27-36(47)55-30-33(58-37(48)28-26-24-22-20-17-14-12-10-8-6-4-2)31-56-44-43(54)41(52)39(50)35(60-44)32-57-45-42(53)40(51)38(49)34(29-46)59-45/h13,15,33-35,38-46,49-54H,3-12,14,16-32H2,1-2H3/b15-13+/t33-,34-,35-,38+,39+,40+,41+,42-,43-,44-,45+/m1/s1. The third kappa shape index (κ3) is 22.5. The monoisotopic (exact) mass is 863 g/mol. The molecule has 0 amide bonds. The topological polar surface area (TPSA) is 231 Å². The molecule has 0 spiro atoms. The van der Waals surface area contributed by atoms with E-state index in [0.29, 0.717) is 12.8 Å². The van der Waals surface area contributed by atoms with Crippen LogP contribution in [0.2, 0.25) is 0 Å². The normalized spacial score (nSPS) is 27.6. The Labute approximate surface area is 359 Å². The molecule has 0 aromatic rings. The third-order valence-corrected chi connectivity index (χ3v) is 11.2. The van der Waals surface area contributed by atoms with Gasteiger partial charge in [-0.25, -0.2) is 0 Å². The molecule has 0 unspecified atom stereocenters. The zero-order valence-corrected chi connectivity index (χ0v) is 36.7. The Morgan fingerprint density at radius 1 is 0.517 bits per heavy atom. The van der Waals surface area contributed by atoms with Crippen molar-refractivity contribution in [3.8, 4) is 0 Å². The lowest BCUT2D eigenvalue weighted by atomic mass is 9.98. The van der Waals surface area contributed by atoms with Gasteiger partial charge in [0.2, 0.25) is 0 Å². The van der Waals surface area contributed by atoms with E-state index >= 15 is 0 Å². The van der Waals surface area contributed by atoms with Crippen molar-refractivity contribution in [2.24, 2.45) is 0 Å². The maximum Gasteiger partial charge on any atom is 0.306 e. The summed E-state index contributed by atoms with van der Waals surface area (Å²) >= 11 is 0. The van der Waals surface area contributed by atoms with E-state index in [1.165, 1.54) is 70.6 Å². The van der Waals surface area contributed by atoms with Crippen molar-refractivity contribution in [1.29, 1.82) is 0 Å². The van der Waals surface area contributed by atoms with E-state index in [-0.39, 0.29) is 26.1 Å². The molecule has 0 radical (unpaired) electrons. The van der Waals surface area contributed by atoms with Crippen LogP contribution >= 0.6 is 0 Å².